The second-order valence-electron chi connectivity index (χ2n) is 5.39. The fourth-order valence-electron chi connectivity index (χ4n) is 2.72. The Kier molecular flexibility index (Phi) is 4.30. The molecule has 0 N–H and O–H groups in total. The van der Waals surface area contributed by atoms with Crippen molar-refractivity contribution in [2.24, 2.45) is 0 Å². The highest BCUT2D eigenvalue weighted by Gasteiger charge is 2.26. The van der Waals surface area contributed by atoms with Crippen LogP contribution in [0.15, 0.2) is 64.2 Å². The summed E-state index contributed by atoms with van der Waals surface area (Å²) in [6.45, 7) is 3.23. The Morgan fingerprint density at radius 2 is 1.57 bits per heavy atom. The maximum absolute atomic E-state index is 12.1. The van der Waals surface area contributed by atoms with Gasteiger partial charge in [0.2, 0.25) is 10.9 Å². The fourth-order valence-corrected chi connectivity index (χ4v) is 2.84. The van der Waals surface area contributed by atoms with E-state index in [-0.39, 0.29) is 0 Å². The molecular weight excluding hydrogens is 310 g/mol. The molecule has 0 saturated carbocycles. The summed E-state index contributed by atoms with van der Waals surface area (Å²) in [5, 5.41) is 0.602. The SMILES string of the molecule is CCN(Cc1ccccc1)c1c(-c2ccc(Cl)cc2)c(=O)c1=O. The molecule has 3 nitrogen and oxygen atoms in total. The van der Waals surface area contributed by atoms with Crippen molar-refractivity contribution >= 4 is 17.3 Å². The zero-order valence-electron chi connectivity index (χ0n) is 12.8. The number of nitrogens with zero attached hydrogens (tertiary/aromatic N) is 1. The number of halogens is 1. The molecule has 4 heteroatoms. The third kappa shape index (κ3) is 2.92. The highest BCUT2D eigenvalue weighted by molar-refractivity contribution is 6.30. The lowest BCUT2D eigenvalue weighted by Crippen LogP contribution is -2.41. The maximum Gasteiger partial charge on any atom is 0.250 e. The van der Waals surface area contributed by atoms with Crippen LogP contribution in [0.4, 0.5) is 5.69 Å². The molecule has 3 aromatic carbocycles. The van der Waals surface area contributed by atoms with Gasteiger partial charge in [0.1, 0.15) is 5.69 Å². The number of rotatable bonds is 5. The van der Waals surface area contributed by atoms with Crippen LogP contribution in [0.3, 0.4) is 0 Å². The Balaban J connectivity index is 1.99. The molecule has 0 aliphatic carbocycles. The van der Waals surface area contributed by atoms with E-state index in [1.54, 1.807) is 24.3 Å². The van der Waals surface area contributed by atoms with Crippen LogP contribution in [0.2, 0.25) is 5.02 Å². The van der Waals surface area contributed by atoms with Gasteiger partial charge in [0.25, 0.3) is 0 Å². The van der Waals surface area contributed by atoms with Crippen LogP contribution in [-0.4, -0.2) is 6.54 Å². The van der Waals surface area contributed by atoms with Gasteiger partial charge in [-0.05, 0) is 30.2 Å². The van der Waals surface area contributed by atoms with E-state index in [0.717, 1.165) is 11.1 Å². The molecule has 0 radical (unpaired) electrons. The Morgan fingerprint density at radius 1 is 0.913 bits per heavy atom. The largest absolute Gasteiger partial charge is 0.364 e. The second-order valence-corrected chi connectivity index (χ2v) is 5.82. The van der Waals surface area contributed by atoms with Gasteiger partial charge >= 0.3 is 0 Å². The first kappa shape index (κ1) is 15.5. The summed E-state index contributed by atoms with van der Waals surface area (Å²) in [5.41, 5.74) is 2.00. The first-order valence-electron chi connectivity index (χ1n) is 7.50. The van der Waals surface area contributed by atoms with Gasteiger partial charge in [-0.2, -0.15) is 0 Å². The molecule has 0 atom stereocenters. The average Bonchev–Trinajstić information content (AvgIpc) is 2.59. The molecule has 0 aromatic heterocycles. The lowest BCUT2D eigenvalue weighted by molar-refractivity contribution is 0.823. The zero-order chi connectivity index (χ0) is 16.4. The smallest absolute Gasteiger partial charge is 0.250 e. The van der Waals surface area contributed by atoms with E-state index in [1.165, 1.54) is 0 Å². The van der Waals surface area contributed by atoms with Crippen LogP contribution in [0.1, 0.15) is 12.5 Å². The molecule has 116 valence electrons. The summed E-state index contributed by atoms with van der Waals surface area (Å²) >= 11 is 5.90. The highest BCUT2D eigenvalue weighted by atomic mass is 35.5. The maximum atomic E-state index is 12.1. The van der Waals surface area contributed by atoms with Gasteiger partial charge in [0.15, 0.2) is 0 Å². The van der Waals surface area contributed by atoms with Crippen molar-refractivity contribution in [2.45, 2.75) is 13.5 Å². The lowest BCUT2D eigenvalue weighted by atomic mass is 9.97. The quantitative estimate of drug-likeness (QED) is 0.672. The minimum absolute atomic E-state index is 0.410. The monoisotopic (exact) mass is 325 g/mol. The van der Waals surface area contributed by atoms with Crippen LogP contribution in [-0.2, 0) is 6.54 Å². The minimum Gasteiger partial charge on any atom is -0.364 e. The van der Waals surface area contributed by atoms with Crippen LogP contribution >= 0.6 is 11.6 Å². The topological polar surface area (TPSA) is 37.4 Å². The van der Waals surface area contributed by atoms with Gasteiger partial charge < -0.3 is 4.90 Å². The fraction of sp³-hybridized carbons (Fsp3) is 0.158. The van der Waals surface area contributed by atoms with Crippen LogP contribution in [0, 0.1) is 0 Å². The molecule has 23 heavy (non-hydrogen) atoms. The highest BCUT2D eigenvalue weighted by Crippen LogP contribution is 2.28. The zero-order valence-corrected chi connectivity index (χ0v) is 13.5. The van der Waals surface area contributed by atoms with E-state index < -0.39 is 10.9 Å². The lowest BCUT2D eigenvalue weighted by Gasteiger charge is -2.26. The van der Waals surface area contributed by atoms with Crippen molar-refractivity contribution in [1.29, 1.82) is 0 Å². The predicted octanol–water partition coefficient (Wildman–Crippen LogP) is 3.63. The third-order valence-electron chi connectivity index (χ3n) is 3.93. The van der Waals surface area contributed by atoms with Gasteiger partial charge in [0, 0.05) is 18.1 Å². The van der Waals surface area contributed by atoms with E-state index in [1.807, 2.05) is 42.2 Å². The molecule has 0 fully saturated rings. The molecule has 0 spiro atoms. The second kappa shape index (κ2) is 6.39. The standard InChI is InChI=1S/C19H16ClNO2/c1-2-21(12-13-6-4-3-5-7-13)17-16(18(22)19(17)23)14-8-10-15(20)11-9-14/h3-11H,2,12H2,1H3. The van der Waals surface area contributed by atoms with Crippen LogP contribution < -0.4 is 15.8 Å². The van der Waals surface area contributed by atoms with Crippen molar-refractivity contribution in [3.63, 3.8) is 0 Å². The van der Waals surface area contributed by atoms with E-state index in [0.29, 0.717) is 29.4 Å². The predicted molar refractivity (Wildman–Crippen MR) is 95.0 cm³/mol. The molecule has 0 saturated heterocycles. The summed E-state index contributed by atoms with van der Waals surface area (Å²) < 4.78 is 0. The molecule has 0 unspecified atom stereocenters. The van der Waals surface area contributed by atoms with Crippen molar-refractivity contribution in [3.8, 4) is 11.1 Å². The van der Waals surface area contributed by atoms with Crippen molar-refractivity contribution < 1.29 is 0 Å². The van der Waals surface area contributed by atoms with Crippen LogP contribution in [0.5, 0.6) is 0 Å². The molecule has 3 aromatic rings. The van der Waals surface area contributed by atoms with E-state index >= 15 is 0 Å². The number of hydrogen-bond donors (Lipinski definition) is 0. The van der Waals surface area contributed by atoms with Crippen LogP contribution in [0.25, 0.3) is 11.1 Å². The first-order valence-corrected chi connectivity index (χ1v) is 7.87. The minimum atomic E-state index is -0.422. The molecule has 0 aliphatic rings. The molecular formula is C19H16ClNO2. The number of anilines is 1. The molecule has 0 heterocycles. The summed E-state index contributed by atoms with van der Waals surface area (Å²) in [6.07, 6.45) is 0. The Labute approximate surface area is 139 Å². The molecule has 0 bridgehead atoms. The van der Waals surface area contributed by atoms with Crippen molar-refractivity contribution in [1.82, 2.24) is 0 Å². The Hall–Kier alpha value is -2.39. The average molecular weight is 326 g/mol. The summed E-state index contributed by atoms with van der Waals surface area (Å²) in [7, 11) is 0. The van der Waals surface area contributed by atoms with Gasteiger partial charge in [-0.15, -0.1) is 0 Å². The molecule has 3 rings (SSSR count). The number of hydrogen-bond acceptors (Lipinski definition) is 3. The Bertz CT molecular complexity index is 878. The van der Waals surface area contributed by atoms with Gasteiger partial charge in [-0.1, -0.05) is 54.1 Å². The van der Waals surface area contributed by atoms with Gasteiger partial charge in [-0.3, -0.25) is 9.59 Å². The summed E-state index contributed by atoms with van der Waals surface area (Å²) in [4.78, 5) is 26.1. The van der Waals surface area contributed by atoms with Gasteiger partial charge in [0.05, 0.1) is 5.56 Å². The Morgan fingerprint density at radius 3 is 2.17 bits per heavy atom. The molecule has 0 amide bonds. The van der Waals surface area contributed by atoms with E-state index in [4.69, 9.17) is 11.6 Å². The first-order chi connectivity index (χ1) is 11.1. The third-order valence-corrected chi connectivity index (χ3v) is 4.18. The summed E-state index contributed by atoms with van der Waals surface area (Å²) in [6, 6.07) is 16.9. The summed E-state index contributed by atoms with van der Waals surface area (Å²) in [5.74, 6) is 0. The normalized spacial score (nSPS) is 10.9. The van der Waals surface area contributed by atoms with Gasteiger partial charge in [-0.25, -0.2) is 0 Å². The van der Waals surface area contributed by atoms with Crippen molar-refractivity contribution in [3.05, 3.63) is 85.6 Å². The van der Waals surface area contributed by atoms with E-state index in [2.05, 4.69) is 0 Å². The number of benzene rings is 2. The van der Waals surface area contributed by atoms with E-state index in [9.17, 15) is 9.59 Å². The van der Waals surface area contributed by atoms with Crippen molar-refractivity contribution in [2.75, 3.05) is 11.4 Å². The molecule has 0 aliphatic heterocycles.